The molecule has 18 heavy (non-hydrogen) atoms. The van der Waals surface area contributed by atoms with Gasteiger partial charge in [0.1, 0.15) is 0 Å². The van der Waals surface area contributed by atoms with Crippen LogP contribution in [0.2, 0.25) is 0 Å². The fraction of sp³-hybridized carbons (Fsp3) is 0.333. The maximum absolute atomic E-state index is 11.6. The Labute approximate surface area is 105 Å². The molecule has 2 rings (SSSR count). The van der Waals surface area contributed by atoms with Gasteiger partial charge in [0.05, 0.1) is 6.21 Å². The zero-order valence-electron chi connectivity index (χ0n) is 9.87. The lowest BCUT2D eigenvalue weighted by Gasteiger charge is -2.12. The van der Waals surface area contributed by atoms with Crippen LogP contribution in [0.25, 0.3) is 0 Å². The van der Waals surface area contributed by atoms with E-state index in [0.29, 0.717) is 13.1 Å². The Hall–Kier alpha value is -2.24. The van der Waals surface area contributed by atoms with E-state index < -0.39 is 11.8 Å². The SMILES string of the molecule is O=C(N/N=C\c1ccncc1)C(=O)N1CCCC1. The molecule has 1 aromatic heterocycles. The molecule has 1 aliphatic rings. The highest BCUT2D eigenvalue weighted by Crippen LogP contribution is 2.06. The van der Waals surface area contributed by atoms with E-state index in [-0.39, 0.29) is 0 Å². The fourth-order valence-electron chi connectivity index (χ4n) is 1.73. The van der Waals surface area contributed by atoms with Gasteiger partial charge in [-0.1, -0.05) is 0 Å². The number of carbonyl (C=O) groups is 2. The van der Waals surface area contributed by atoms with Crippen LogP contribution in [0.4, 0.5) is 0 Å². The topological polar surface area (TPSA) is 74.7 Å². The van der Waals surface area contributed by atoms with E-state index >= 15 is 0 Å². The fourth-order valence-corrected chi connectivity index (χ4v) is 1.73. The van der Waals surface area contributed by atoms with Crippen molar-refractivity contribution in [2.24, 2.45) is 5.10 Å². The van der Waals surface area contributed by atoms with E-state index in [1.165, 1.54) is 11.1 Å². The first-order valence-corrected chi connectivity index (χ1v) is 5.80. The predicted octanol–water partition coefficient (Wildman–Crippen LogP) is 0.154. The highest BCUT2D eigenvalue weighted by Gasteiger charge is 2.23. The van der Waals surface area contributed by atoms with Crippen LogP contribution >= 0.6 is 0 Å². The Morgan fingerprint density at radius 3 is 2.61 bits per heavy atom. The largest absolute Gasteiger partial charge is 0.334 e. The van der Waals surface area contributed by atoms with Crippen molar-refractivity contribution < 1.29 is 9.59 Å². The molecule has 0 saturated carbocycles. The van der Waals surface area contributed by atoms with Crippen LogP contribution in [-0.2, 0) is 9.59 Å². The van der Waals surface area contributed by atoms with Crippen LogP contribution in [0.15, 0.2) is 29.6 Å². The normalized spacial score (nSPS) is 15.0. The minimum Gasteiger partial charge on any atom is -0.334 e. The van der Waals surface area contributed by atoms with Crippen molar-refractivity contribution in [3.8, 4) is 0 Å². The standard InChI is InChI=1S/C12H14N4O2/c17-11(12(18)16-7-1-2-8-16)15-14-9-10-3-5-13-6-4-10/h3-6,9H,1-2,7-8H2,(H,15,17)/b14-9-. The highest BCUT2D eigenvalue weighted by molar-refractivity contribution is 6.35. The molecule has 2 amide bonds. The van der Waals surface area contributed by atoms with Gasteiger partial charge in [0.15, 0.2) is 0 Å². The van der Waals surface area contributed by atoms with Gasteiger partial charge in [0.25, 0.3) is 0 Å². The molecule has 2 heterocycles. The molecule has 1 fully saturated rings. The zero-order chi connectivity index (χ0) is 12.8. The second kappa shape index (κ2) is 5.90. The summed E-state index contributed by atoms with van der Waals surface area (Å²) >= 11 is 0. The van der Waals surface area contributed by atoms with E-state index in [1.54, 1.807) is 24.5 Å². The maximum Gasteiger partial charge on any atom is 0.329 e. The Bertz CT molecular complexity index is 452. The van der Waals surface area contributed by atoms with Crippen molar-refractivity contribution >= 4 is 18.0 Å². The molecule has 0 spiro atoms. The second-order valence-corrected chi connectivity index (χ2v) is 3.98. The third-order valence-electron chi connectivity index (χ3n) is 2.67. The number of nitrogens with one attached hydrogen (secondary N) is 1. The van der Waals surface area contributed by atoms with Gasteiger partial charge >= 0.3 is 11.8 Å². The molecule has 0 aliphatic carbocycles. The number of aromatic nitrogens is 1. The lowest BCUT2D eigenvalue weighted by molar-refractivity contribution is -0.145. The first-order valence-electron chi connectivity index (χ1n) is 5.80. The van der Waals surface area contributed by atoms with E-state index in [4.69, 9.17) is 0 Å². The molecule has 6 nitrogen and oxygen atoms in total. The molecule has 1 N–H and O–H groups in total. The van der Waals surface area contributed by atoms with E-state index in [9.17, 15) is 9.59 Å². The van der Waals surface area contributed by atoms with Gasteiger partial charge in [-0.2, -0.15) is 5.10 Å². The molecule has 0 aromatic carbocycles. The van der Waals surface area contributed by atoms with E-state index in [0.717, 1.165) is 18.4 Å². The average Bonchev–Trinajstić information content (AvgIpc) is 2.93. The van der Waals surface area contributed by atoms with Crippen LogP contribution in [0.1, 0.15) is 18.4 Å². The number of pyridine rings is 1. The molecular weight excluding hydrogens is 232 g/mol. The minimum absolute atomic E-state index is 0.514. The lowest BCUT2D eigenvalue weighted by atomic mass is 10.3. The average molecular weight is 246 g/mol. The van der Waals surface area contributed by atoms with Crippen molar-refractivity contribution in [1.29, 1.82) is 0 Å². The van der Waals surface area contributed by atoms with Gasteiger partial charge in [0.2, 0.25) is 0 Å². The zero-order valence-corrected chi connectivity index (χ0v) is 9.87. The van der Waals surface area contributed by atoms with E-state index in [1.807, 2.05) is 0 Å². The predicted molar refractivity (Wildman–Crippen MR) is 65.8 cm³/mol. The smallest absolute Gasteiger partial charge is 0.329 e. The molecule has 0 bridgehead atoms. The lowest BCUT2D eigenvalue weighted by Crippen LogP contribution is -2.39. The number of hydrogen-bond acceptors (Lipinski definition) is 4. The van der Waals surface area contributed by atoms with Crippen LogP contribution < -0.4 is 5.43 Å². The number of likely N-dealkylation sites (tertiary alicyclic amines) is 1. The number of amides is 2. The first-order chi connectivity index (χ1) is 8.77. The number of hydrogen-bond donors (Lipinski definition) is 1. The molecule has 94 valence electrons. The van der Waals surface area contributed by atoms with Crippen molar-refractivity contribution in [2.45, 2.75) is 12.8 Å². The second-order valence-electron chi connectivity index (χ2n) is 3.98. The summed E-state index contributed by atoms with van der Waals surface area (Å²) in [4.78, 5) is 28.5. The third-order valence-corrected chi connectivity index (χ3v) is 2.67. The van der Waals surface area contributed by atoms with Gasteiger partial charge in [-0.15, -0.1) is 0 Å². The van der Waals surface area contributed by atoms with Crippen LogP contribution in [0.3, 0.4) is 0 Å². The number of carbonyl (C=O) groups excluding carboxylic acids is 2. The van der Waals surface area contributed by atoms with Gasteiger partial charge in [-0.3, -0.25) is 14.6 Å². The van der Waals surface area contributed by atoms with Gasteiger partial charge in [0, 0.05) is 25.5 Å². The molecule has 0 unspecified atom stereocenters. The Morgan fingerprint density at radius 2 is 1.94 bits per heavy atom. The molecule has 0 atom stereocenters. The number of nitrogens with zero attached hydrogens (tertiary/aromatic N) is 3. The third kappa shape index (κ3) is 3.13. The molecule has 6 heteroatoms. The Balaban J connectivity index is 1.84. The van der Waals surface area contributed by atoms with Gasteiger partial charge in [-0.25, -0.2) is 5.43 Å². The monoisotopic (exact) mass is 246 g/mol. The summed E-state index contributed by atoms with van der Waals surface area (Å²) in [7, 11) is 0. The molecule has 0 radical (unpaired) electrons. The van der Waals surface area contributed by atoms with Crippen molar-refractivity contribution in [2.75, 3.05) is 13.1 Å². The summed E-state index contributed by atoms with van der Waals surface area (Å²) < 4.78 is 0. The van der Waals surface area contributed by atoms with Crippen LogP contribution in [-0.4, -0.2) is 41.0 Å². The first kappa shape index (κ1) is 12.2. The summed E-state index contributed by atoms with van der Waals surface area (Å²) in [5, 5.41) is 3.73. The number of rotatable bonds is 2. The molecule has 1 aliphatic heterocycles. The van der Waals surface area contributed by atoms with Gasteiger partial charge < -0.3 is 4.90 Å². The minimum atomic E-state index is -0.692. The quantitative estimate of drug-likeness (QED) is 0.458. The summed E-state index contributed by atoms with van der Waals surface area (Å²) in [6.45, 7) is 1.31. The van der Waals surface area contributed by atoms with Gasteiger partial charge in [-0.05, 0) is 30.5 Å². The van der Waals surface area contributed by atoms with Crippen molar-refractivity contribution in [3.05, 3.63) is 30.1 Å². The van der Waals surface area contributed by atoms with E-state index in [2.05, 4.69) is 15.5 Å². The Morgan fingerprint density at radius 1 is 1.28 bits per heavy atom. The molecular formula is C12H14N4O2. The van der Waals surface area contributed by atoms with Crippen molar-refractivity contribution in [1.82, 2.24) is 15.3 Å². The molecule has 1 aromatic rings. The molecule has 1 saturated heterocycles. The summed E-state index contributed by atoms with van der Waals surface area (Å²) in [5.74, 6) is -1.21. The van der Waals surface area contributed by atoms with Crippen LogP contribution in [0.5, 0.6) is 0 Å². The highest BCUT2D eigenvalue weighted by atomic mass is 16.2. The summed E-state index contributed by atoms with van der Waals surface area (Å²) in [6.07, 6.45) is 6.63. The number of hydrazone groups is 1. The maximum atomic E-state index is 11.6. The Kier molecular flexibility index (Phi) is 4.01. The summed E-state index contributed by atoms with van der Waals surface area (Å²) in [5.41, 5.74) is 3.03. The van der Waals surface area contributed by atoms with Crippen LogP contribution in [0, 0.1) is 0 Å². The van der Waals surface area contributed by atoms with Crippen molar-refractivity contribution in [3.63, 3.8) is 0 Å². The summed E-state index contributed by atoms with van der Waals surface area (Å²) in [6, 6.07) is 3.50.